The third-order valence-electron chi connectivity index (χ3n) is 2.10. The molecule has 1 aromatic rings. The number of hydrogen-bond acceptors (Lipinski definition) is 4. The highest BCUT2D eigenvalue weighted by molar-refractivity contribution is 9.10. The monoisotopic (exact) mass is 300 g/mol. The van der Waals surface area contributed by atoms with E-state index in [1.165, 1.54) is 6.33 Å². The highest BCUT2D eigenvalue weighted by Gasteiger charge is 2.11. The number of nitrogens with one attached hydrogen (secondary N) is 1. The van der Waals surface area contributed by atoms with E-state index in [9.17, 15) is 4.79 Å². The van der Waals surface area contributed by atoms with Gasteiger partial charge >= 0.3 is 0 Å². The molecular weight excluding hydrogens is 284 g/mol. The maximum atomic E-state index is 11.6. The number of halogens is 1. The van der Waals surface area contributed by atoms with Crippen LogP contribution in [0.2, 0.25) is 0 Å². The lowest BCUT2D eigenvalue weighted by Crippen LogP contribution is -2.37. The molecule has 0 spiro atoms. The predicted molar refractivity (Wildman–Crippen MR) is 70.8 cm³/mol. The molecule has 0 aliphatic rings. The Kier molecular flexibility index (Phi) is 5.34. The zero-order valence-electron chi connectivity index (χ0n) is 10.3. The summed E-state index contributed by atoms with van der Waals surface area (Å²) in [7, 11) is 1.82. The Labute approximate surface area is 110 Å². The number of hydrogen-bond donors (Lipinski definition) is 1. The lowest BCUT2D eigenvalue weighted by Gasteiger charge is -2.18. The highest BCUT2D eigenvalue weighted by atomic mass is 79.9. The third kappa shape index (κ3) is 4.68. The van der Waals surface area contributed by atoms with Gasteiger partial charge in [0.05, 0.1) is 11.0 Å². The van der Waals surface area contributed by atoms with Crippen LogP contribution >= 0.6 is 15.9 Å². The fourth-order valence-electron chi connectivity index (χ4n) is 1.25. The van der Waals surface area contributed by atoms with Gasteiger partial charge in [-0.1, -0.05) is 13.8 Å². The van der Waals surface area contributed by atoms with Gasteiger partial charge in [-0.25, -0.2) is 9.97 Å². The quantitative estimate of drug-likeness (QED) is 0.894. The molecule has 0 fully saturated rings. The molecule has 1 N–H and O–H groups in total. The first kappa shape index (κ1) is 13.9. The van der Waals surface area contributed by atoms with E-state index in [2.05, 4.69) is 45.1 Å². The minimum Gasteiger partial charge on any atom is -0.354 e. The second-order valence-corrected chi connectivity index (χ2v) is 5.10. The van der Waals surface area contributed by atoms with Crippen molar-refractivity contribution in [3.8, 4) is 0 Å². The van der Waals surface area contributed by atoms with Crippen LogP contribution < -0.4 is 10.2 Å². The third-order valence-corrected chi connectivity index (χ3v) is 2.66. The molecule has 0 aliphatic carbocycles. The fourth-order valence-corrected chi connectivity index (χ4v) is 1.77. The van der Waals surface area contributed by atoms with Crippen molar-refractivity contribution in [1.82, 2.24) is 15.3 Å². The molecule has 0 saturated heterocycles. The molecule has 0 radical (unpaired) electrons. The van der Waals surface area contributed by atoms with Crippen molar-refractivity contribution in [3.05, 3.63) is 17.0 Å². The molecule has 0 atom stereocenters. The summed E-state index contributed by atoms with van der Waals surface area (Å²) in [6.07, 6.45) is 3.12. The highest BCUT2D eigenvalue weighted by Crippen LogP contribution is 2.20. The zero-order valence-corrected chi connectivity index (χ0v) is 11.9. The van der Waals surface area contributed by atoms with Crippen LogP contribution in [0.15, 0.2) is 17.0 Å². The normalized spacial score (nSPS) is 10.4. The van der Waals surface area contributed by atoms with Crippen LogP contribution in [-0.4, -0.2) is 36.0 Å². The number of aromatic nitrogens is 2. The van der Waals surface area contributed by atoms with Crippen LogP contribution in [0.1, 0.15) is 13.8 Å². The number of nitrogens with zero attached hydrogens (tertiary/aromatic N) is 3. The summed E-state index contributed by atoms with van der Waals surface area (Å²) in [5.74, 6) is 1.15. The predicted octanol–water partition coefficient (Wildman–Crippen LogP) is 1.45. The van der Waals surface area contributed by atoms with Gasteiger partial charge in [0.2, 0.25) is 5.91 Å². The summed E-state index contributed by atoms with van der Waals surface area (Å²) < 4.78 is 0.777. The smallest absolute Gasteiger partial charge is 0.239 e. The Hall–Kier alpha value is -1.17. The zero-order chi connectivity index (χ0) is 12.8. The summed E-state index contributed by atoms with van der Waals surface area (Å²) in [6.45, 7) is 5.09. The van der Waals surface area contributed by atoms with Crippen LogP contribution in [0.3, 0.4) is 0 Å². The van der Waals surface area contributed by atoms with Gasteiger partial charge in [0, 0.05) is 19.8 Å². The molecule has 0 saturated carbocycles. The summed E-state index contributed by atoms with van der Waals surface area (Å²) in [5.41, 5.74) is 0. The Morgan fingerprint density at radius 2 is 2.29 bits per heavy atom. The van der Waals surface area contributed by atoms with E-state index in [1.54, 1.807) is 11.1 Å². The molecule has 6 heteroatoms. The maximum Gasteiger partial charge on any atom is 0.239 e. The van der Waals surface area contributed by atoms with Gasteiger partial charge < -0.3 is 10.2 Å². The van der Waals surface area contributed by atoms with Crippen LogP contribution in [-0.2, 0) is 4.79 Å². The summed E-state index contributed by atoms with van der Waals surface area (Å²) >= 11 is 3.35. The van der Waals surface area contributed by atoms with E-state index in [0.29, 0.717) is 18.3 Å². The van der Waals surface area contributed by atoms with Crippen molar-refractivity contribution in [3.63, 3.8) is 0 Å². The van der Waals surface area contributed by atoms with Crippen molar-refractivity contribution in [2.45, 2.75) is 13.8 Å². The number of carbonyl (C=O) groups excluding carboxylic acids is 1. The summed E-state index contributed by atoms with van der Waals surface area (Å²) in [5, 5.41) is 2.86. The van der Waals surface area contributed by atoms with Crippen LogP contribution in [0.4, 0.5) is 5.82 Å². The van der Waals surface area contributed by atoms with Gasteiger partial charge in [0.25, 0.3) is 0 Å². The SMILES string of the molecule is CC(C)CNC(=O)CN(C)c1ncncc1Br. The van der Waals surface area contributed by atoms with Crippen molar-refractivity contribution < 1.29 is 4.79 Å². The van der Waals surface area contributed by atoms with E-state index >= 15 is 0 Å². The minimum atomic E-state index is -0.00767. The van der Waals surface area contributed by atoms with E-state index in [-0.39, 0.29) is 12.5 Å². The van der Waals surface area contributed by atoms with Crippen molar-refractivity contribution in [1.29, 1.82) is 0 Å². The molecule has 1 aromatic heterocycles. The minimum absolute atomic E-state index is 0.00767. The second kappa shape index (κ2) is 6.54. The summed E-state index contributed by atoms with van der Waals surface area (Å²) in [6, 6.07) is 0. The maximum absolute atomic E-state index is 11.6. The topological polar surface area (TPSA) is 58.1 Å². The van der Waals surface area contributed by atoms with Crippen LogP contribution in [0, 0.1) is 5.92 Å². The molecular formula is C11H17BrN4O. The average molecular weight is 301 g/mol. The molecule has 5 nitrogen and oxygen atoms in total. The molecule has 0 unspecified atom stereocenters. The van der Waals surface area contributed by atoms with E-state index in [4.69, 9.17) is 0 Å². The Balaban J connectivity index is 2.52. The largest absolute Gasteiger partial charge is 0.354 e. The first-order valence-electron chi connectivity index (χ1n) is 5.44. The van der Waals surface area contributed by atoms with E-state index < -0.39 is 0 Å². The van der Waals surface area contributed by atoms with Crippen LogP contribution in [0.25, 0.3) is 0 Å². The van der Waals surface area contributed by atoms with Gasteiger partial charge in [-0.05, 0) is 21.8 Å². The number of likely N-dealkylation sites (N-methyl/N-ethyl adjacent to an activating group) is 1. The molecule has 0 aromatic carbocycles. The molecule has 1 heterocycles. The molecule has 17 heavy (non-hydrogen) atoms. The van der Waals surface area contributed by atoms with Gasteiger partial charge in [0.15, 0.2) is 0 Å². The van der Waals surface area contributed by atoms with Gasteiger partial charge in [-0.2, -0.15) is 0 Å². The molecule has 1 rings (SSSR count). The fraction of sp³-hybridized carbons (Fsp3) is 0.545. The number of rotatable bonds is 5. The Bertz CT molecular complexity index is 383. The summed E-state index contributed by atoms with van der Waals surface area (Å²) in [4.78, 5) is 21.4. The van der Waals surface area contributed by atoms with E-state index in [1.807, 2.05) is 7.05 Å². The number of carbonyl (C=O) groups is 1. The Morgan fingerprint density at radius 3 is 2.88 bits per heavy atom. The molecule has 94 valence electrons. The Morgan fingerprint density at radius 1 is 1.59 bits per heavy atom. The lowest BCUT2D eigenvalue weighted by molar-refractivity contribution is -0.119. The van der Waals surface area contributed by atoms with Gasteiger partial charge in [-0.3, -0.25) is 4.79 Å². The first-order chi connectivity index (χ1) is 8.00. The first-order valence-corrected chi connectivity index (χ1v) is 6.23. The van der Waals surface area contributed by atoms with Gasteiger partial charge in [-0.15, -0.1) is 0 Å². The lowest BCUT2D eigenvalue weighted by atomic mass is 10.2. The average Bonchev–Trinajstić information content (AvgIpc) is 2.26. The standard InChI is InChI=1S/C11H17BrN4O/c1-8(2)4-14-10(17)6-16(3)11-9(12)5-13-7-15-11/h5,7-8H,4,6H2,1-3H3,(H,14,17). The number of amides is 1. The second-order valence-electron chi connectivity index (χ2n) is 4.25. The van der Waals surface area contributed by atoms with Crippen molar-refractivity contribution in [2.75, 3.05) is 25.0 Å². The van der Waals surface area contributed by atoms with E-state index in [0.717, 1.165) is 4.47 Å². The molecule has 0 bridgehead atoms. The van der Waals surface area contributed by atoms with Gasteiger partial charge in [0.1, 0.15) is 12.1 Å². The molecule has 1 amide bonds. The van der Waals surface area contributed by atoms with Crippen molar-refractivity contribution >= 4 is 27.7 Å². The van der Waals surface area contributed by atoms with Crippen molar-refractivity contribution in [2.24, 2.45) is 5.92 Å². The number of anilines is 1. The van der Waals surface area contributed by atoms with Crippen LogP contribution in [0.5, 0.6) is 0 Å². The molecule has 0 aliphatic heterocycles.